The highest BCUT2D eigenvalue weighted by atomic mass is 35.5. The van der Waals surface area contributed by atoms with Crippen LogP contribution in [0.5, 0.6) is 0 Å². The molecule has 0 spiro atoms. The SMILES string of the molecule is CCCc1cccc(CC)c1C(=O)Cl. The molecule has 0 aliphatic heterocycles. The molecule has 1 rings (SSSR count). The van der Waals surface area contributed by atoms with Crippen molar-refractivity contribution >= 4 is 16.8 Å². The van der Waals surface area contributed by atoms with Gasteiger partial charge in [-0.3, -0.25) is 4.79 Å². The van der Waals surface area contributed by atoms with Crippen LogP contribution in [-0.4, -0.2) is 5.24 Å². The van der Waals surface area contributed by atoms with Crippen LogP contribution in [0.1, 0.15) is 41.8 Å². The van der Waals surface area contributed by atoms with Crippen LogP contribution in [0.15, 0.2) is 18.2 Å². The lowest BCUT2D eigenvalue weighted by molar-refractivity contribution is 0.107. The molecule has 0 saturated heterocycles. The lowest BCUT2D eigenvalue weighted by Crippen LogP contribution is -2.02. The second kappa shape index (κ2) is 5.16. The zero-order valence-corrected chi connectivity index (χ0v) is 9.40. The normalized spacial score (nSPS) is 10.2. The van der Waals surface area contributed by atoms with Gasteiger partial charge in [0.25, 0.3) is 5.24 Å². The molecular weight excluding hydrogens is 196 g/mol. The van der Waals surface area contributed by atoms with E-state index in [2.05, 4.69) is 6.92 Å². The lowest BCUT2D eigenvalue weighted by atomic mass is 9.97. The summed E-state index contributed by atoms with van der Waals surface area (Å²) in [6.45, 7) is 4.13. The molecule has 0 atom stereocenters. The number of benzene rings is 1. The molecule has 0 radical (unpaired) electrons. The molecule has 0 aliphatic carbocycles. The van der Waals surface area contributed by atoms with Crippen LogP contribution in [0, 0.1) is 0 Å². The van der Waals surface area contributed by atoms with Gasteiger partial charge in [-0.2, -0.15) is 0 Å². The molecule has 14 heavy (non-hydrogen) atoms. The maximum Gasteiger partial charge on any atom is 0.252 e. The van der Waals surface area contributed by atoms with Gasteiger partial charge in [0.2, 0.25) is 0 Å². The minimum absolute atomic E-state index is 0.328. The molecule has 0 heterocycles. The van der Waals surface area contributed by atoms with E-state index in [-0.39, 0.29) is 5.24 Å². The third-order valence-electron chi connectivity index (χ3n) is 2.33. The fraction of sp³-hybridized carbons (Fsp3) is 0.417. The minimum atomic E-state index is -0.328. The van der Waals surface area contributed by atoms with Crippen LogP contribution < -0.4 is 0 Å². The predicted molar refractivity (Wildman–Crippen MR) is 60.0 cm³/mol. The first-order chi connectivity index (χ1) is 6.70. The number of rotatable bonds is 4. The standard InChI is InChI=1S/C12H15ClO/c1-3-6-10-8-5-7-9(4-2)11(10)12(13)14/h5,7-8H,3-4,6H2,1-2H3. The Morgan fingerprint density at radius 1 is 1.29 bits per heavy atom. The molecule has 1 aromatic rings. The Bertz CT molecular complexity index is 331. The number of halogens is 1. The Kier molecular flexibility index (Phi) is 4.15. The summed E-state index contributed by atoms with van der Waals surface area (Å²) in [7, 11) is 0. The summed E-state index contributed by atoms with van der Waals surface area (Å²) >= 11 is 5.59. The van der Waals surface area contributed by atoms with Gasteiger partial charge in [0.05, 0.1) is 0 Å². The molecule has 0 saturated carbocycles. The molecule has 1 nitrogen and oxygen atoms in total. The van der Waals surface area contributed by atoms with Crippen LogP contribution in [0.2, 0.25) is 0 Å². The molecule has 1 aromatic carbocycles. The summed E-state index contributed by atoms with van der Waals surface area (Å²) in [4.78, 5) is 11.3. The Morgan fingerprint density at radius 3 is 2.43 bits per heavy atom. The van der Waals surface area contributed by atoms with Gasteiger partial charge in [-0.25, -0.2) is 0 Å². The molecule has 0 fully saturated rings. The summed E-state index contributed by atoms with van der Waals surface area (Å²) < 4.78 is 0. The van der Waals surface area contributed by atoms with Crippen molar-refractivity contribution in [3.8, 4) is 0 Å². The van der Waals surface area contributed by atoms with Gasteiger partial charge >= 0.3 is 0 Å². The van der Waals surface area contributed by atoms with Crippen molar-refractivity contribution < 1.29 is 4.79 Å². The van der Waals surface area contributed by atoms with Gasteiger partial charge in [-0.05, 0) is 35.6 Å². The lowest BCUT2D eigenvalue weighted by Gasteiger charge is -2.09. The van der Waals surface area contributed by atoms with E-state index < -0.39 is 0 Å². The van der Waals surface area contributed by atoms with Crippen LogP contribution >= 0.6 is 11.6 Å². The summed E-state index contributed by atoms with van der Waals surface area (Å²) in [5.74, 6) is 0. The van der Waals surface area contributed by atoms with Gasteiger partial charge in [0.1, 0.15) is 0 Å². The fourth-order valence-electron chi connectivity index (χ4n) is 1.68. The highest BCUT2D eigenvalue weighted by Crippen LogP contribution is 2.19. The highest BCUT2D eigenvalue weighted by molar-refractivity contribution is 6.68. The smallest absolute Gasteiger partial charge is 0.252 e. The van der Waals surface area contributed by atoms with Crippen LogP contribution in [0.3, 0.4) is 0 Å². The second-order valence-corrected chi connectivity index (χ2v) is 3.67. The van der Waals surface area contributed by atoms with Crippen molar-refractivity contribution in [3.63, 3.8) is 0 Å². The number of carbonyl (C=O) groups is 1. The quantitative estimate of drug-likeness (QED) is 0.695. The Hall–Kier alpha value is -0.820. The maximum atomic E-state index is 11.3. The molecule has 2 heteroatoms. The summed E-state index contributed by atoms with van der Waals surface area (Å²) in [6.07, 6.45) is 2.80. The molecule has 0 N–H and O–H groups in total. The molecule has 0 unspecified atom stereocenters. The van der Waals surface area contributed by atoms with Gasteiger partial charge in [0.15, 0.2) is 0 Å². The minimum Gasteiger partial charge on any atom is -0.276 e. The number of hydrogen-bond donors (Lipinski definition) is 0. The molecule has 0 aromatic heterocycles. The van der Waals surface area contributed by atoms with E-state index in [1.807, 2.05) is 25.1 Å². The Labute approximate surface area is 90.1 Å². The van der Waals surface area contributed by atoms with Crippen molar-refractivity contribution in [1.29, 1.82) is 0 Å². The molecule has 76 valence electrons. The number of aryl methyl sites for hydroxylation is 2. The zero-order valence-electron chi connectivity index (χ0n) is 8.64. The maximum absolute atomic E-state index is 11.3. The summed E-state index contributed by atoms with van der Waals surface area (Å²) in [5.41, 5.74) is 2.85. The first-order valence-corrected chi connectivity index (χ1v) is 5.39. The topological polar surface area (TPSA) is 17.1 Å². The van der Waals surface area contributed by atoms with E-state index in [0.717, 1.165) is 36.0 Å². The van der Waals surface area contributed by atoms with Crippen molar-refractivity contribution in [3.05, 3.63) is 34.9 Å². The van der Waals surface area contributed by atoms with E-state index in [0.29, 0.717) is 0 Å². The average Bonchev–Trinajstić information content (AvgIpc) is 2.17. The Morgan fingerprint density at radius 2 is 1.93 bits per heavy atom. The number of hydrogen-bond acceptors (Lipinski definition) is 1. The van der Waals surface area contributed by atoms with Crippen LogP contribution in [0.25, 0.3) is 0 Å². The first kappa shape index (κ1) is 11.3. The van der Waals surface area contributed by atoms with Gasteiger partial charge < -0.3 is 0 Å². The van der Waals surface area contributed by atoms with E-state index in [9.17, 15) is 4.79 Å². The van der Waals surface area contributed by atoms with Crippen molar-refractivity contribution in [2.24, 2.45) is 0 Å². The third-order valence-corrected chi connectivity index (χ3v) is 2.52. The van der Waals surface area contributed by atoms with E-state index in [4.69, 9.17) is 11.6 Å². The van der Waals surface area contributed by atoms with Crippen molar-refractivity contribution in [2.75, 3.05) is 0 Å². The van der Waals surface area contributed by atoms with Gasteiger partial charge in [-0.1, -0.05) is 38.5 Å². The predicted octanol–water partition coefficient (Wildman–Crippen LogP) is 3.58. The largest absolute Gasteiger partial charge is 0.276 e. The van der Waals surface area contributed by atoms with Crippen molar-refractivity contribution in [2.45, 2.75) is 33.1 Å². The van der Waals surface area contributed by atoms with E-state index in [1.165, 1.54) is 0 Å². The molecular formula is C12H15ClO. The van der Waals surface area contributed by atoms with Crippen molar-refractivity contribution in [1.82, 2.24) is 0 Å². The average molecular weight is 211 g/mol. The molecule has 0 bridgehead atoms. The van der Waals surface area contributed by atoms with Crippen LogP contribution in [0.4, 0.5) is 0 Å². The van der Waals surface area contributed by atoms with Gasteiger partial charge in [-0.15, -0.1) is 0 Å². The van der Waals surface area contributed by atoms with E-state index >= 15 is 0 Å². The highest BCUT2D eigenvalue weighted by Gasteiger charge is 2.12. The Balaban J connectivity index is 3.20. The summed E-state index contributed by atoms with van der Waals surface area (Å²) in [6, 6.07) is 5.94. The summed E-state index contributed by atoms with van der Waals surface area (Å²) in [5, 5.41) is -0.328. The number of carbonyl (C=O) groups excluding carboxylic acids is 1. The second-order valence-electron chi connectivity index (χ2n) is 3.33. The molecule has 0 aliphatic rings. The van der Waals surface area contributed by atoms with E-state index in [1.54, 1.807) is 0 Å². The monoisotopic (exact) mass is 210 g/mol. The first-order valence-electron chi connectivity index (χ1n) is 5.01. The third kappa shape index (κ3) is 2.36. The van der Waals surface area contributed by atoms with Gasteiger partial charge in [0, 0.05) is 5.56 Å². The zero-order chi connectivity index (χ0) is 10.6. The fourth-order valence-corrected chi connectivity index (χ4v) is 1.92. The van der Waals surface area contributed by atoms with Crippen LogP contribution in [-0.2, 0) is 12.8 Å². The molecule has 0 amide bonds.